The molecule has 7 heteroatoms. The van der Waals surface area contributed by atoms with Crippen LogP contribution in [-0.2, 0) is 11.2 Å². The first kappa shape index (κ1) is 17.9. The van der Waals surface area contributed by atoms with E-state index >= 15 is 0 Å². The monoisotopic (exact) mass is 355 g/mol. The Hall–Kier alpha value is -2.93. The van der Waals surface area contributed by atoms with E-state index in [-0.39, 0.29) is 36.7 Å². The van der Waals surface area contributed by atoms with Crippen molar-refractivity contribution in [3.8, 4) is 0 Å². The Kier molecular flexibility index (Phi) is 5.48. The first-order valence-electron chi connectivity index (χ1n) is 8.55. The highest BCUT2D eigenvalue weighted by atomic mass is 16.6. The van der Waals surface area contributed by atoms with Crippen molar-refractivity contribution in [1.29, 1.82) is 0 Å². The molecule has 2 aromatic rings. The number of hydrogen-bond acceptors (Lipinski definition) is 5. The Morgan fingerprint density at radius 1 is 1.19 bits per heavy atom. The number of anilines is 1. The average Bonchev–Trinajstić information content (AvgIpc) is 2.66. The number of nitrogens with one attached hydrogen (secondary N) is 2. The Morgan fingerprint density at radius 2 is 1.92 bits per heavy atom. The summed E-state index contributed by atoms with van der Waals surface area (Å²) in [5.74, 6) is -0.316. The standard InChI is InChI=1S/C19H21N3O4/c23-12-14-10-9-13-5-1-2-6-15(13)19(14)21-18(24)11-20-16-7-3-4-8-17(16)22(25)26/h1-8,14,19-20,23H,9-12H2,(H,21,24)/t14-,19+/m1/s1. The fourth-order valence-corrected chi connectivity index (χ4v) is 3.40. The highest BCUT2D eigenvalue weighted by molar-refractivity contribution is 5.82. The van der Waals surface area contributed by atoms with E-state index in [1.54, 1.807) is 18.2 Å². The number of carbonyl (C=O) groups is 1. The van der Waals surface area contributed by atoms with Crippen molar-refractivity contribution in [3.63, 3.8) is 0 Å². The molecule has 2 aromatic carbocycles. The molecule has 2 atom stereocenters. The average molecular weight is 355 g/mol. The summed E-state index contributed by atoms with van der Waals surface area (Å²) in [7, 11) is 0. The number of aryl methyl sites for hydroxylation is 1. The number of nitro groups is 1. The first-order valence-corrected chi connectivity index (χ1v) is 8.55. The first-order chi connectivity index (χ1) is 12.6. The normalized spacial score (nSPS) is 18.7. The second-order valence-electron chi connectivity index (χ2n) is 6.35. The molecule has 0 aromatic heterocycles. The number of nitro benzene ring substituents is 1. The maximum absolute atomic E-state index is 12.4. The van der Waals surface area contributed by atoms with Crippen LogP contribution in [0.4, 0.5) is 11.4 Å². The van der Waals surface area contributed by atoms with Crippen molar-refractivity contribution in [2.45, 2.75) is 18.9 Å². The molecular weight excluding hydrogens is 334 g/mol. The molecule has 1 aliphatic carbocycles. The van der Waals surface area contributed by atoms with Gasteiger partial charge >= 0.3 is 0 Å². The number of amides is 1. The van der Waals surface area contributed by atoms with Gasteiger partial charge in [-0.05, 0) is 30.0 Å². The minimum absolute atomic E-state index is 0.00311. The van der Waals surface area contributed by atoms with Crippen LogP contribution in [-0.4, -0.2) is 29.1 Å². The van der Waals surface area contributed by atoms with E-state index in [2.05, 4.69) is 10.6 Å². The number of aliphatic hydroxyl groups is 1. The summed E-state index contributed by atoms with van der Waals surface area (Å²) in [6, 6.07) is 13.8. The molecule has 0 aliphatic heterocycles. The molecule has 0 unspecified atom stereocenters. The number of carbonyl (C=O) groups excluding carboxylic acids is 1. The third-order valence-electron chi connectivity index (χ3n) is 4.74. The summed E-state index contributed by atoms with van der Waals surface area (Å²) in [6.45, 7) is -0.0848. The van der Waals surface area contributed by atoms with Crippen LogP contribution in [0.15, 0.2) is 48.5 Å². The van der Waals surface area contributed by atoms with Crippen molar-refractivity contribution in [2.24, 2.45) is 5.92 Å². The molecule has 3 rings (SSSR count). The molecule has 136 valence electrons. The fraction of sp³-hybridized carbons (Fsp3) is 0.316. The molecule has 1 amide bonds. The Morgan fingerprint density at radius 3 is 2.69 bits per heavy atom. The lowest BCUT2D eigenvalue weighted by Crippen LogP contribution is -2.40. The maximum Gasteiger partial charge on any atom is 0.292 e. The van der Waals surface area contributed by atoms with Gasteiger partial charge in [0, 0.05) is 18.6 Å². The van der Waals surface area contributed by atoms with Crippen molar-refractivity contribution in [3.05, 3.63) is 69.8 Å². The summed E-state index contributed by atoms with van der Waals surface area (Å²) in [4.78, 5) is 23.0. The van der Waals surface area contributed by atoms with E-state index < -0.39 is 4.92 Å². The third-order valence-corrected chi connectivity index (χ3v) is 4.74. The van der Waals surface area contributed by atoms with Crippen LogP contribution >= 0.6 is 0 Å². The molecule has 3 N–H and O–H groups in total. The van der Waals surface area contributed by atoms with Gasteiger partial charge in [0.05, 0.1) is 17.5 Å². The van der Waals surface area contributed by atoms with Crippen LogP contribution < -0.4 is 10.6 Å². The number of hydrogen-bond donors (Lipinski definition) is 3. The molecule has 1 aliphatic rings. The summed E-state index contributed by atoms with van der Waals surface area (Å²) in [5, 5.41) is 26.5. The van der Waals surface area contributed by atoms with Crippen LogP contribution in [0.1, 0.15) is 23.6 Å². The van der Waals surface area contributed by atoms with E-state index in [4.69, 9.17) is 0 Å². The molecule has 0 spiro atoms. The lowest BCUT2D eigenvalue weighted by atomic mass is 9.80. The van der Waals surface area contributed by atoms with E-state index in [1.165, 1.54) is 11.6 Å². The fourth-order valence-electron chi connectivity index (χ4n) is 3.40. The molecule has 0 saturated carbocycles. The zero-order chi connectivity index (χ0) is 18.5. The minimum Gasteiger partial charge on any atom is -0.396 e. The smallest absolute Gasteiger partial charge is 0.292 e. The number of nitrogens with zero attached hydrogens (tertiary/aromatic N) is 1. The van der Waals surface area contributed by atoms with E-state index in [0.29, 0.717) is 5.69 Å². The molecule has 0 saturated heterocycles. The lowest BCUT2D eigenvalue weighted by Gasteiger charge is -2.33. The zero-order valence-electron chi connectivity index (χ0n) is 14.2. The molecule has 0 heterocycles. The molecule has 0 radical (unpaired) electrons. The zero-order valence-corrected chi connectivity index (χ0v) is 14.2. The number of rotatable bonds is 6. The molecular formula is C19H21N3O4. The topological polar surface area (TPSA) is 104 Å². The van der Waals surface area contributed by atoms with Gasteiger partial charge in [0.1, 0.15) is 5.69 Å². The van der Waals surface area contributed by atoms with Crippen LogP contribution in [0.3, 0.4) is 0 Å². The third kappa shape index (κ3) is 3.83. The van der Waals surface area contributed by atoms with E-state index in [0.717, 1.165) is 18.4 Å². The van der Waals surface area contributed by atoms with Gasteiger partial charge in [0.15, 0.2) is 0 Å². The SMILES string of the molecule is O=C(CNc1ccccc1[N+](=O)[O-])N[C@@H]1c2ccccc2CC[C@@H]1CO. The molecule has 0 fully saturated rings. The van der Waals surface area contributed by atoms with Gasteiger partial charge in [-0.3, -0.25) is 14.9 Å². The van der Waals surface area contributed by atoms with Crippen LogP contribution in [0, 0.1) is 16.0 Å². The van der Waals surface area contributed by atoms with Crippen molar-refractivity contribution in [1.82, 2.24) is 5.32 Å². The van der Waals surface area contributed by atoms with E-state index in [9.17, 15) is 20.0 Å². The van der Waals surface area contributed by atoms with Crippen LogP contribution in [0.2, 0.25) is 0 Å². The van der Waals surface area contributed by atoms with Crippen LogP contribution in [0.5, 0.6) is 0 Å². The maximum atomic E-state index is 12.4. The Bertz CT molecular complexity index is 809. The number of para-hydroxylation sites is 2. The molecule has 0 bridgehead atoms. The quantitative estimate of drug-likeness (QED) is 0.545. The second kappa shape index (κ2) is 7.97. The van der Waals surface area contributed by atoms with Crippen LogP contribution in [0.25, 0.3) is 0 Å². The summed E-state index contributed by atoms with van der Waals surface area (Å²) in [5.41, 5.74) is 2.43. The van der Waals surface area contributed by atoms with Crippen molar-refractivity contribution < 1.29 is 14.8 Å². The predicted molar refractivity (Wildman–Crippen MR) is 97.8 cm³/mol. The van der Waals surface area contributed by atoms with E-state index in [1.807, 2.05) is 24.3 Å². The largest absolute Gasteiger partial charge is 0.396 e. The van der Waals surface area contributed by atoms with Gasteiger partial charge in [-0.25, -0.2) is 0 Å². The van der Waals surface area contributed by atoms with Gasteiger partial charge < -0.3 is 15.7 Å². The Labute approximate surface area is 151 Å². The second-order valence-corrected chi connectivity index (χ2v) is 6.35. The Balaban J connectivity index is 1.69. The summed E-state index contributed by atoms with van der Waals surface area (Å²) in [6.07, 6.45) is 1.68. The van der Waals surface area contributed by atoms with Gasteiger partial charge in [0.25, 0.3) is 5.69 Å². The van der Waals surface area contributed by atoms with Gasteiger partial charge in [-0.15, -0.1) is 0 Å². The predicted octanol–water partition coefficient (Wildman–Crippen LogP) is 2.42. The number of aliphatic hydroxyl groups excluding tert-OH is 1. The number of fused-ring (bicyclic) bond motifs is 1. The number of benzene rings is 2. The minimum atomic E-state index is -0.487. The molecule has 26 heavy (non-hydrogen) atoms. The van der Waals surface area contributed by atoms with Crippen molar-refractivity contribution >= 4 is 17.3 Å². The van der Waals surface area contributed by atoms with Gasteiger partial charge in [0.2, 0.25) is 5.91 Å². The summed E-state index contributed by atoms with van der Waals surface area (Å²) < 4.78 is 0. The van der Waals surface area contributed by atoms with Gasteiger partial charge in [-0.2, -0.15) is 0 Å². The lowest BCUT2D eigenvalue weighted by molar-refractivity contribution is -0.383. The highest BCUT2D eigenvalue weighted by Gasteiger charge is 2.30. The summed E-state index contributed by atoms with van der Waals surface area (Å²) >= 11 is 0. The van der Waals surface area contributed by atoms with Crippen molar-refractivity contribution in [2.75, 3.05) is 18.5 Å². The van der Waals surface area contributed by atoms with Gasteiger partial charge in [-0.1, -0.05) is 36.4 Å². The highest BCUT2D eigenvalue weighted by Crippen LogP contribution is 2.34. The molecule has 7 nitrogen and oxygen atoms in total.